The minimum atomic E-state index is -0.631. The zero-order valence-corrected chi connectivity index (χ0v) is 14.4. The minimum Gasteiger partial charge on any atom is -0.490 e. The van der Waals surface area contributed by atoms with Crippen LogP contribution in [0.15, 0.2) is 24.4 Å². The Morgan fingerprint density at radius 2 is 2.00 bits per heavy atom. The molecule has 1 saturated heterocycles. The van der Waals surface area contributed by atoms with E-state index >= 15 is 0 Å². The number of fused-ring (bicyclic) bond motifs is 5. The van der Waals surface area contributed by atoms with Crippen molar-refractivity contribution in [2.24, 2.45) is 0 Å². The van der Waals surface area contributed by atoms with Gasteiger partial charge in [-0.25, -0.2) is 19.0 Å². The second-order valence-corrected chi connectivity index (χ2v) is 6.68. The van der Waals surface area contributed by atoms with Gasteiger partial charge in [0.1, 0.15) is 29.7 Å². The molecule has 4 heterocycles. The Morgan fingerprint density at radius 3 is 2.93 bits per heavy atom. The van der Waals surface area contributed by atoms with Gasteiger partial charge in [-0.1, -0.05) is 0 Å². The van der Waals surface area contributed by atoms with E-state index in [9.17, 15) is 8.78 Å². The molecule has 3 aromatic rings. The van der Waals surface area contributed by atoms with Gasteiger partial charge < -0.3 is 9.47 Å². The summed E-state index contributed by atoms with van der Waals surface area (Å²) in [6.07, 6.45) is 1.66. The van der Waals surface area contributed by atoms with E-state index in [-0.39, 0.29) is 11.5 Å². The fourth-order valence-corrected chi connectivity index (χ4v) is 3.56. The number of halogens is 2. The van der Waals surface area contributed by atoms with Gasteiger partial charge in [0.2, 0.25) is 5.95 Å². The summed E-state index contributed by atoms with van der Waals surface area (Å²) in [6.45, 7) is 3.12. The minimum absolute atomic E-state index is 0.118. The number of hydrogen-bond donors (Lipinski definition) is 0. The van der Waals surface area contributed by atoms with Crippen LogP contribution in [0.1, 0.15) is 5.82 Å². The predicted octanol–water partition coefficient (Wildman–Crippen LogP) is 1.73. The number of rotatable bonds is 0. The monoisotopic (exact) mass is 373 g/mol. The van der Waals surface area contributed by atoms with Gasteiger partial charge in [-0.3, -0.25) is 4.90 Å². The van der Waals surface area contributed by atoms with Crippen LogP contribution in [0.4, 0.5) is 8.78 Å². The Hall–Kier alpha value is -2.65. The summed E-state index contributed by atoms with van der Waals surface area (Å²) in [7, 11) is 0. The lowest BCUT2D eigenvalue weighted by Gasteiger charge is -2.32. The van der Waals surface area contributed by atoms with Crippen molar-refractivity contribution in [3.63, 3.8) is 0 Å². The third-order valence-electron chi connectivity index (χ3n) is 4.88. The van der Waals surface area contributed by atoms with Crippen molar-refractivity contribution in [3.8, 4) is 11.4 Å². The Labute approximate surface area is 153 Å². The average molecular weight is 373 g/mol. The maximum atomic E-state index is 14.5. The van der Waals surface area contributed by atoms with Crippen LogP contribution in [0, 0.1) is 11.8 Å². The molecule has 0 spiro atoms. The molecule has 2 aromatic heterocycles. The van der Waals surface area contributed by atoms with Crippen molar-refractivity contribution in [3.05, 3.63) is 42.0 Å². The molecule has 0 N–H and O–H groups in total. The average Bonchev–Trinajstić information content (AvgIpc) is 3.06. The molecule has 0 amide bonds. The lowest BCUT2D eigenvalue weighted by molar-refractivity contribution is -0.0313. The fraction of sp³-hybridized carbons (Fsp3) is 0.389. The van der Waals surface area contributed by atoms with E-state index < -0.39 is 11.8 Å². The smallest absolute Gasteiger partial charge is 0.227 e. The van der Waals surface area contributed by atoms with Crippen molar-refractivity contribution < 1.29 is 18.3 Å². The molecule has 0 aliphatic carbocycles. The van der Waals surface area contributed by atoms with Gasteiger partial charge in [0, 0.05) is 32.1 Å². The van der Waals surface area contributed by atoms with Crippen molar-refractivity contribution in [1.29, 1.82) is 0 Å². The number of morpholine rings is 1. The lowest BCUT2D eigenvalue weighted by atomic mass is 10.2. The van der Waals surface area contributed by atoms with Gasteiger partial charge in [-0.05, 0) is 12.1 Å². The molecule has 1 aromatic carbocycles. The van der Waals surface area contributed by atoms with Crippen LogP contribution < -0.4 is 4.74 Å². The van der Waals surface area contributed by atoms with E-state index in [1.165, 1.54) is 23.0 Å². The molecule has 4 bridgehead atoms. The summed E-state index contributed by atoms with van der Waals surface area (Å²) in [5.41, 5.74) is 0.824. The normalized spacial score (nSPS) is 22.4. The maximum Gasteiger partial charge on any atom is 0.227 e. The number of ether oxygens (including phenoxy) is 2. The molecule has 27 heavy (non-hydrogen) atoms. The zero-order valence-electron chi connectivity index (χ0n) is 14.4. The zero-order chi connectivity index (χ0) is 18.4. The summed E-state index contributed by atoms with van der Waals surface area (Å²) >= 11 is 0. The van der Waals surface area contributed by atoms with Gasteiger partial charge >= 0.3 is 0 Å². The van der Waals surface area contributed by atoms with Crippen LogP contribution in [-0.4, -0.2) is 63.6 Å². The molecule has 2 atom stereocenters. The van der Waals surface area contributed by atoms with Crippen molar-refractivity contribution >= 4 is 11.0 Å². The van der Waals surface area contributed by atoms with Gasteiger partial charge in [0.05, 0.1) is 24.3 Å². The highest BCUT2D eigenvalue weighted by Gasteiger charge is 2.24. The lowest BCUT2D eigenvalue weighted by Crippen LogP contribution is -2.45. The molecule has 0 saturated carbocycles. The first kappa shape index (κ1) is 16.5. The molecule has 140 valence electrons. The molecule has 0 radical (unpaired) electrons. The van der Waals surface area contributed by atoms with Crippen molar-refractivity contribution in [2.75, 3.05) is 32.8 Å². The van der Waals surface area contributed by atoms with Crippen LogP contribution in [0.3, 0.4) is 0 Å². The summed E-state index contributed by atoms with van der Waals surface area (Å²) in [4.78, 5) is 10.7. The summed E-state index contributed by atoms with van der Waals surface area (Å²) in [5, 5.41) is 4.44. The number of nitrogens with zero attached hydrogens (tertiary/aromatic N) is 5. The number of hydrogen-bond acceptors (Lipinski definition) is 6. The van der Waals surface area contributed by atoms with Gasteiger partial charge in [0.25, 0.3) is 0 Å². The second kappa shape index (κ2) is 6.50. The van der Waals surface area contributed by atoms with E-state index in [0.717, 1.165) is 6.54 Å². The largest absolute Gasteiger partial charge is 0.490 e. The van der Waals surface area contributed by atoms with Crippen molar-refractivity contribution in [2.45, 2.75) is 12.5 Å². The third-order valence-corrected chi connectivity index (χ3v) is 4.88. The predicted molar refractivity (Wildman–Crippen MR) is 92.0 cm³/mol. The quantitative estimate of drug-likeness (QED) is 0.559. The summed E-state index contributed by atoms with van der Waals surface area (Å²) < 4.78 is 41.4. The second-order valence-electron chi connectivity index (χ2n) is 6.68. The first-order chi connectivity index (χ1) is 13.2. The van der Waals surface area contributed by atoms with E-state index in [1.807, 2.05) is 0 Å². The molecular weight excluding hydrogens is 356 g/mol. The van der Waals surface area contributed by atoms with Crippen LogP contribution in [0.25, 0.3) is 16.7 Å². The Bertz CT molecular complexity index is 1010. The van der Waals surface area contributed by atoms with E-state index in [1.54, 1.807) is 6.07 Å². The van der Waals surface area contributed by atoms with Crippen LogP contribution in [-0.2, 0) is 11.2 Å². The van der Waals surface area contributed by atoms with Crippen LogP contribution in [0.5, 0.6) is 5.75 Å². The van der Waals surface area contributed by atoms with Gasteiger partial charge in [-0.2, -0.15) is 9.49 Å². The number of aromatic nitrogens is 4. The van der Waals surface area contributed by atoms with Crippen LogP contribution in [0.2, 0.25) is 0 Å². The SMILES string of the molecule is Fc1ccc2c(c1)OCCN1CCOC(Cc3nc(F)c4cnn-2c4n3)C1. The molecule has 7 nitrogen and oxygen atoms in total. The Morgan fingerprint density at radius 1 is 1.11 bits per heavy atom. The fourth-order valence-electron chi connectivity index (χ4n) is 3.56. The Balaban J connectivity index is 1.69. The van der Waals surface area contributed by atoms with Crippen LogP contribution >= 0.6 is 0 Å². The molecule has 5 rings (SSSR count). The van der Waals surface area contributed by atoms with Gasteiger partial charge in [0.15, 0.2) is 5.65 Å². The standard InChI is InChI=1S/C18H17F2N5O2/c19-11-1-2-14-15(7-11)27-6-4-24-3-5-26-12(10-24)8-16-22-17(20)13-9-21-25(14)18(13)23-16/h1-2,7,9,12H,3-6,8,10H2. The summed E-state index contributed by atoms with van der Waals surface area (Å²) in [6, 6.07) is 4.18. The van der Waals surface area contributed by atoms with E-state index in [4.69, 9.17) is 9.47 Å². The first-order valence-electron chi connectivity index (χ1n) is 8.84. The van der Waals surface area contributed by atoms with E-state index in [2.05, 4.69) is 20.0 Å². The molecule has 1 fully saturated rings. The number of benzene rings is 1. The third kappa shape index (κ3) is 3.02. The molecule has 9 heteroatoms. The van der Waals surface area contributed by atoms with Gasteiger partial charge in [-0.15, -0.1) is 0 Å². The summed E-state index contributed by atoms with van der Waals surface area (Å²) in [5.74, 6) is -0.349. The van der Waals surface area contributed by atoms with Crippen molar-refractivity contribution in [1.82, 2.24) is 24.6 Å². The van der Waals surface area contributed by atoms with E-state index in [0.29, 0.717) is 55.6 Å². The molecule has 2 aliphatic rings. The molecule has 2 aliphatic heterocycles. The highest BCUT2D eigenvalue weighted by Crippen LogP contribution is 2.28. The maximum absolute atomic E-state index is 14.5. The highest BCUT2D eigenvalue weighted by atomic mass is 19.1. The topological polar surface area (TPSA) is 65.3 Å². The molecule has 2 unspecified atom stereocenters. The molecular formula is C18H17F2N5O2. The first-order valence-corrected chi connectivity index (χ1v) is 8.84. The highest BCUT2D eigenvalue weighted by molar-refractivity contribution is 5.76. The Kier molecular flexibility index (Phi) is 3.98.